The number of anilines is 1. The van der Waals surface area contributed by atoms with Crippen LogP contribution in [0.3, 0.4) is 0 Å². The number of nitrogens with two attached hydrogens (primary N) is 1. The Morgan fingerprint density at radius 1 is 1.11 bits per heavy atom. The molecular weight excluding hydrogens is 445 g/mol. The summed E-state index contributed by atoms with van der Waals surface area (Å²) in [7, 11) is 0. The number of aromatic nitrogens is 4. The first-order valence-electron chi connectivity index (χ1n) is 10.9. The second-order valence-electron chi connectivity index (χ2n) is 8.02. The molecule has 0 saturated carbocycles. The van der Waals surface area contributed by atoms with Crippen molar-refractivity contribution in [3.8, 4) is 28.7 Å². The molecule has 0 radical (unpaired) electrons. The number of hydrogen-bond donors (Lipinski definition) is 2. The van der Waals surface area contributed by atoms with Gasteiger partial charge in [0.2, 0.25) is 5.88 Å². The van der Waals surface area contributed by atoms with Crippen LogP contribution in [0.4, 0.5) is 10.1 Å². The van der Waals surface area contributed by atoms with E-state index in [4.69, 9.17) is 10.5 Å². The van der Waals surface area contributed by atoms with Crippen LogP contribution in [-0.2, 0) is 6.61 Å². The first kappa shape index (κ1) is 22.1. The lowest BCUT2D eigenvalue weighted by molar-refractivity contribution is 0.290. The fraction of sp³-hybridized carbons (Fsp3) is 0.0741. The van der Waals surface area contributed by atoms with Crippen LogP contribution < -0.4 is 10.5 Å². The van der Waals surface area contributed by atoms with E-state index in [1.807, 2.05) is 37.3 Å². The van der Waals surface area contributed by atoms with Crippen LogP contribution in [0, 0.1) is 12.7 Å². The first-order valence-corrected chi connectivity index (χ1v) is 10.9. The lowest BCUT2D eigenvalue weighted by atomic mass is 10.1. The molecule has 0 spiro atoms. The second-order valence-corrected chi connectivity index (χ2v) is 8.02. The van der Waals surface area contributed by atoms with Crippen molar-refractivity contribution in [2.45, 2.75) is 13.5 Å². The molecule has 2 aromatic carbocycles. The van der Waals surface area contributed by atoms with Gasteiger partial charge in [-0.3, -0.25) is 4.98 Å². The van der Waals surface area contributed by atoms with E-state index < -0.39 is 5.82 Å². The van der Waals surface area contributed by atoms with E-state index >= 15 is 4.39 Å². The number of nitrogen functional groups attached to an aromatic ring is 1. The van der Waals surface area contributed by atoms with E-state index in [9.17, 15) is 5.11 Å². The van der Waals surface area contributed by atoms with Crippen molar-refractivity contribution < 1.29 is 14.2 Å². The van der Waals surface area contributed by atoms with Gasteiger partial charge in [-0.1, -0.05) is 43.0 Å². The zero-order valence-corrected chi connectivity index (χ0v) is 18.9. The third kappa shape index (κ3) is 3.95. The summed E-state index contributed by atoms with van der Waals surface area (Å²) in [6.07, 6.45) is 4.44. The van der Waals surface area contributed by atoms with Gasteiger partial charge in [-0.15, -0.1) is 0 Å². The third-order valence-electron chi connectivity index (χ3n) is 5.70. The maximum Gasteiger partial charge on any atom is 0.239 e. The Balaban J connectivity index is 1.68. The maximum absolute atomic E-state index is 15.2. The van der Waals surface area contributed by atoms with E-state index in [-0.39, 0.29) is 18.2 Å². The Morgan fingerprint density at radius 3 is 2.63 bits per heavy atom. The summed E-state index contributed by atoms with van der Waals surface area (Å²) in [5.41, 5.74) is 11.2. The molecule has 0 amide bonds. The van der Waals surface area contributed by atoms with Gasteiger partial charge in [-0.25, -0.2) is 14.4 Å². The number of aryl methyl sites for hydroxylation is 1. The second kappa shape index (κ2) is 8.90. The number of hydrogen-bond acceptors (Lipinski definition) is 6. The molecule has 35 heavy (non-hydrogen) atoms. The van der Waals surface area contributed by atoms with Crippen LogP contribution in [-0.4, -0.2) is 24.6 Å². The van der Waals surface area contributed by atoms with Crippen molar-refractivity contribution in [3.63, 3.8) is 0 Å². The molecule has 0 saturated heterocycles. The highest BCUT2D eigenvalue weighted by Crippen LogP contribution is 2.40. The molecule has 5 rings (SSSR count). The minimum atomic E-state index is -0.551. The molecule has 0 aliphatic heterocycles. The molecule has 0 unspecified atom stereocenters. The predicted octanol–water partition coefficient (Wildman–Crippen LogP) is 5.44. The van der Waals surface area contributed by atoms with E-state index in [1.54, 1.807) is 35.0 Å². The molecule has 0 fully saturated rings. The van der Waals surface area contributed by atoms with Crippen molar-refractivity contribution in [1.29, 1.82) is 0 Å². The SMILES string of the molecule is C=Cc1c(-c2ncc(N)cc2C)n(-c2ccc(OCc3ccccc3)c(F)c2)c2c(O)ncnc12. The van der Waals surface area contributed by atoms with Crippen LogP contribution in [0.5, 0.6) is 11.6 Å². The normalized spacial score (nSPS) is 11.0. The largest absolute Gasteiger partial charge is 0.492 e. The summed E-state index contributed by atoms with van der Waals surface area (Å²) in [6.45, 7) is 6.04. The van der Waals surface area contributed by atoms with Crippen LogP contribution >= 0.6 is 0 Å². The van der Waals surface area contributed by atoms with Gasteiger partial charge in [0.15, 0.2) is 11.6 Å². The van der Waals surface area contributed by atoms with Gasteiger partial charge in [-0.2, -0.15) is 0 Å². The molecule has 5 aromatic rings. The lowest BCUT2D eigenvalue weighted by Gasteiger charge is -2.15. The third-order valence-corrected chi connectivity index (χ3v) is 5.70. The van der Waals surface area contributed by atoms with Crippen molar-refractivity contribution in [2.75, 3.05) is 5.73 Å². The first-order chi connectivity index (χ1) is 17.0. The van der Waals surface area contributed by atoms with Gasteiger partial charge >= 0.3 is 0 Å². The summed E-state index contributed by atoms with van der Waals surface area (Å²) in [6, 6.07) is 15.9. The van der Waals surface area contributed by atoms with Crippen molar-refractivity contribution >= 4 is 22.8 Å². The smallest absolute Gasteiger partial charge is 0.239 e. The highest BCUT2D eigenvalue weighted by molar-refractivity contribution is 5.98. The van der Waals surface area contributed by atoms with E-state index in [2.05, 4.69) is 21.5 Å². The van der Waals surface area contributed by atoms with Crippen LogP contribution in [0.1, 0.15) is 16.7 Å². The summed E-state index contributed by atoms with van der Waals surface area (Å²) in [5, 5.41) is 10.7. The standard InChI is InChI=1S/C27H22FN5O2/c1-3-20-24-26(27(34)32-15-31-24)33(25(20)23-16(2)11-18(29)13-30-23)19-9-10-22(21(28)12-19)35-14-17-7-5-4-6-8-17/h3-13,15H,1,14,29H2,2H3,(H,31,32,34). The fourth-order valence-corrected chi connectivity index (χ4v) is 4.13. The highest BCUT2D eigenvalue weighted by Gasteiger charge is 2.25. The molecule has 3 heterocycles. The van der Waals surface area contributed by atoms with Gasteiger partial charge in [0.25, 0.3) is 0 Å². The highest BCUT2D eigenvalue weighted by atomic mass is 19.1. The van der Waals surface area contributed by atoms with Gasteiger partial charge in [-0.05, 0) is 36.2 Å². The van der Waals surface area contributed by atoms with Gasteiger partial charge in [0.1, 0.15) is 24.0 Å². The molecule has 0 atom stereocenters. The molecule has 0 bridgehead atoms. The molecule has 174 valence electrons. The molecule has 0 aliphatic carbocycles. The monoisotopic (exact) mass is 467 g/mol. The Hall–Kier alpha value is -4.72. The Bertz CT molecular complexity index is 1560. The number of rotatable bonds is 6. The number of pyridine rings is 1. The topological polar surface area (TPSA) is 99.1 Å². The van der Waals surface area contributed by atoms with Crippen molar-refractivity contribution in [2.24, 2.45) is 0 Å². The summed E-state index contributed by atoms with van der Waals surface area (Å²) >= 11 is 0. The van der Waals surface area contributed by atoms with Gasteiger partial charge < -0.3 is 20.1 Å². The average Bonchev–Trinajstić information content (AvgIpc) is 3.19. The fourth-order valence-electron chi connectivity index (χ4n) is 4.13. The number of nitrogens with zero attached hydrogens (tertiary/aromatic N) is 4. The molecule has 8 heteroatoms. The predicted molar refractivity (Wildman–Crippen MR) is 134 cm³/mol. The minimum Gasteiger partial charge on any atom is -0.492 e. The van der Waals surface area contributed by atoms with E-state index in [1.165, 1.54) is 12.4 Å². The van der Waals surface area contributed by atoms with Gasteiger partial charge in [0.05, 0.1) is 23.3 Å². The summed E-state index contributed by atoms with van der Waals surface area (Å²) in [4.78, 5) is 12.8. The number of benzene rings is 2. The Labute approximate surface area is 201 Å². The molecule has 3 N–H and O–H groups in total. The number of aromatic hydroxyl groups is 1. The number of fused-ring (bicyclic) bond motifs is 1. The van der Waals surface area contributed by atoms with Crippen molar-refractivity contribution in [1.82, 2.24) is 19.5 Å². The molecule has 3 aromatic heterocycles. The zero-order chi connectivity index (χ0) is 24.5. The molecular formula is C27H22FN5O2. The summed E-state index contributed by atoms with van der Waals surface area (Å²) in [5.74, 6) is -0.686. The average molecular weight is 468 g/mol. The zero-order valence-electron chi connectivity index (χ0n) is 18.9. The van der Waals surface area contributed by atoms with Crippen LogP contribution in [0.15, 0.2) is 73.7 Å². The maximum atomic E-state index is 15.2. The molecule has 7 nitrogen and oxygen atoms in total. The number of ether oxygens (including phenoxy) is 1. The van der Waals surface area contributed by atoms with E-state index in [0.29, 0.717) is 39.4 Å². The van der Waals surface area contributed by atoms with Crippen LogP contribution in [0.25, 0.3) is 34.2 Å². The van der Waals surface area contributed by atoms with Crippen molar-refractivity contribution in [3.05, 3.63) is 96.2 Å². The lowest BCUT2D eigenvalue weighted by Crippen LogP contribution is -2.03. The van der Waals surface area contributed by atoms with E-state index in [0.717, 1.165) is 11.1 Å². The van der Waals surface area contributed by atoms with Crippen LogP contribution in [0.2, 0.25) is 0 Å². The Morgan fingerprint density at radius 2 is 1.91 bits per heavy atom. The van der Waals surface area contributed by atoms with Gasteiger partial charge in [0, 0.05) is 17.3 Å². The summed E-state index contributed by atoms with van der Waals surface area (Å²) < 4.78 is 22.6. The Kier molecular flexibility index (Phi) is 5.62. The quantitative estimate of drug-likeness (QED) is 0.345. The molecule has 0 aliphatic rings. The minimum absolute atomic E-state index is 0.113. The number of halogens is 1.